The Labute approximate surface area is 79.9 Å². The molecule has 70 valence electrons. The van der Waals surface area contributed by atoms with Crippen molar-refractivity contribution in [2.45, 2.75) is 13.8 Å². The minimum absolute atomic E-state index is 0.933. The molecule has 1 rings (SSSR count). The smallest absolute Gasteiger partial charge is 0.0542 e. The molecule has 0 N–H and O–H groups in total. The lowest BCUT2D eigenvalue weighted by Crippen LogP contribution is -2.09. The van der Waals surface area contributed by atoms with Gasteiger partial charge in [0.2, 0.25) is 0 Å². The molecule has 0 saturated carbocycles. The highest BCUT2D eigenvalue weighted by Crippen LogP contribution is 2.00. The van der Waals surface area contributed by atoms with Gasteiger partial charge in [0, 0.05) is 13.6 Å². The van der Waals surface area contributed by atoms with Gasteiger partial charge in [-0.05, 0) is 19.4 Å². The summed E-state index contributed by atoms with van der Waals surface area (Å²) in [5.41, 5.74) is 2.42. The number of hydrazone groups is 1. The second-order valence-corrected chi connectivity index (χ2v) is 3.13. The molecule has 0 aliphatic rings. The monoisotopic (exact) mass is 176 g/mol. The van der Waals surface area contributed by atoms with Crippen molar-refractivity contribution < 1.29 is 0 Å². The van der Waals surface area contributed by atoms with E-state index in [1.54, 1.807) is 0 Å². The van der Waals surface area contributed by atoms with Gasteiger partial charge >= 0.3 is 0 Å². The van der Waals surface area contributed by atoms with E-state index < -0.39 is 0 Å². The molecule has 1 aromatic rings. The van der Waals surface area contributed by atoms with Crippen LogP contribution in [0.2, 0.25) is 0 Å². The van der Waals surface area contributed by atoms with Crippen molar-refractivity contribution in [1.82, 2.24) is 5.01 Å². The van der Waals surface area contributed by atoms with Crippen LogP contribution in [0, 0.1) is 6.92 Å². The van der Waals surface area contributed by atoms with Crippen LogP contribution < -0.4 is 0 Å². The standard InChI is InChI=1S/C11H16N2/c1-4-13(3)12-9-11-7-5-10(2)6-8-11/h5-9H,4H2,1-3H3/b12-9+. The molecule has 0 unspecified atom stereocenters. The van der Waals surface area contributed by atoms with E-state index in [0.29, 0.717) is 0 Å². The summed E-state index contributed by atoms with van der Waals surface area (Å²) in [4.78, 5) is 0. The SMILES string of the molecule is CCN(C)/N=C/c1ccc(C)cc1. The fourth-order valence-corrected chi connectivity index (χ4v) is 0.899. The lowest BCUT2D eigenvalue weighted by atomic mass is 10.2. The number of hydrogen-bond donors (Lipinski definition) is 0. The van der Waals surface area contributed by atoms with E-state index in [1.165, 1.54) is 5.56 Å². The highest BCUT2D eigenvalue weighted by Gasteiger charge is 1.88. The average Bonchev–Trinajstić information content (AvgIpc) is 2.16. The summed E-state index contributed by atoms with van der Waals surface area (Å²) >= 11 is 0. The Bertz CT molecular complexity index is 275. The second-order valence-electron chi connectivity index (χ2n) is 3.13. The van der Waals surface area contributed by atoms with Gasteiger partial charge in [0.1, 0.15) is 0 Å². The maximum atomic E-state index is 4.25. The molecule has 0 aliphatic heterocycles. The van der Waals surface area contributed by atoms with Crippen LogP contribution in [0.3, 0.4) is 0 Å². The van der Waals surface area contributed by atoms with Crippen molar-refractivity contribution in [3.8, 4) is 0 Å². The Morgan fingerprint density at radius 2 is 1.92 bits per heavy atom. The summed E-state index contributed by atoms with van der Waals surface area (Å²) in [7, 11) is 1.96. The molecule has 0 atom stereocenters. The highest BCUT2D eigenvalue weighted by atomic mass is 15.4. The van der Waals surface area contributed by atoms with Gasteiger partial charge in [-0.15, -0.1) is 0 Å². The summed E-state index contributed by atoms with van der Waals surface area (Å²) < 4.78 is 0. The Morgan fingerprint density at radius 1 is 1.31 bits per heavy atom. The predicted octanol–water partition coefficient (Wildman–Crippen LogP) is 2.28. The zero-order chi connectivity index (χ0) is 9.68. The Morgan fingerprint density at radius 3 is 2.46 bits per heavy atom. The van der Waals surface area contributed by atoms with Crippen LogP contribution in [-0.4, -0.2) is 24.8 Å². The lowest BCUT2D eigenvalue weighted by Gasteiger charge is -2.07. The number of benzene rings is 1. The third kappa shape index (κ3) is 3.28. The Kier molecular flexibility index (Phi) is 3.50. The van der Waals surface area contributed by atoms with E-state index in [9.17, 15) is 0 Å². The van der Waals surface area contributed by atoms with Gasteiger partial charge in [-0.2, -0.15) is 5.10 Å². The van der Waals surface area contributed by atoms with Crippen molar-refractivity contribution in [3.05, 3.63) is 35.4 Å². The van der Waals surface area contributed by atoms with Crippen LogP contribution in [0.1, 0.15) is 18.1 Å². The maximum absolute atomic E-state index is 4.25. The quantitative estimate of drug-likeness (QED) is 0.509. The first kappa shape index (κ1) is 9.78. The third-order valence-electron chi connectivity index (χ3n) is 1.94. The van der Waals surface area contributed by atoms with Crippen molar-refractivity contribution in [2.75, 3.05) is 13.6 Å². The molecule has 0 aromatic heterocycles. The fourth-order valence-electron chi connectivity index (χ4n) is 0.899. The van der Waals surface area contributed by atoms with Crippen LogP contribution >= 0.6 is 0 Å². The predicted molar refractivity (Wildman–Crippen MR) is 57.1 cm³/mol. The van der Waals surface area contributed by atoms with Crippen LogP contribution in [0.15, 0.2) is 29.4 Å². The van der Waals surface area contributed by atoms with E-state index >= 15 is 0 Å². The molecule has 2 heteroatoms. The molecule has 0 fully saturated rings. The molecule has 0 saturated heterocycles. The molecule has 2 nitrogen and oxygen atoms in total. The third-order valence-corrected chi connectivity index (χ3v) is 1.94. The number of nitrogens with zero attached hydrogens (tertiary/aromatic N) is 2. The van der Waals surface area contributed by atoms with Crippen molar-refractivity contribution in [3.63, 3.8) is 0 Å². The van der Waals surface area contributed by atoms with E-state index in [1.807, 2.05) is 18.3 Å². The molecule has 0 aliphatic carbocycles. The molecule has 13 heavy (non-hydrogen) atoms. The molecule has 0 bridgehead atoms. The van der Waals surface area contributed by atoms with E-state index in [0.717, 1.165) is 12.1 Å². The average molecular weight is 176 g/mol. The molecular weight excluding hydrogens is 160 g/mol. The molecule has 0 heterocycles. The zero-order valence-electron chi connectivity index (χ0n) is 8.49. The topological polar surface area (TPSA) is 15.6 Å². The molecule has 0 radical (unpaired) electrons. The first-order chi connectivity index (χ1) is 6.22. The number of aryl methyl sites for hydroxylation is 1. The summed E-state index contributed by atoms with van der Waals surface area (Å²) in [5, 5.41) is 6.15. The van der Waals surface area contributed by atoms with Gasteiger partial charge < -0.3 is 5.01 Å². The van der Waals surface area contributed by atoms with Gasteiger partial charge in [-0.3, -0.25) is 0 Å². The normalized spacial score (nSPS) is 10.7. The van der Waals surface area contributed by atoms with Gasteiger partial charge in [0.05, 0.1) is 6.21 Å². The van der Waals surface area contributed by atoms with Gasteiger partial charge in [-0.1, -0.05) is 29.8 Å². The largest absolute Gasteiger partial charge is 0.300 e. The van der Waals surface area contributed by atoms with Crippen LogP contribution in [0.4, 0.5) is 0 Å². The van der Waals surface area contributed by atoms with Gasteiger partial charge in [0.25, 0.3) is 0 Å². The number of hydrogen-bond acceptors (Lipinski definition) is 2. The van der Waals surface area contributed by atoms with E-state index in [4.69, 9.17) is 0 Å². The maximum Gasteiger partial charge on any atom is 0.0542 e. The van der Waals surface area contributed by atoms with Crippen LogP contribution in [0.25, 0.3) is 0 Å². The Hall–Kier alpha value is -1.31. The van der Waals surface area contributed by atoms with Crippen molar-refractivity contribution in [2.24, 2.45) is 5.10 Å². The molecule has 0 spiro atoms. The van der Waals surface area contributed by atoms with Gasteiger partial charge in [0.15, 0.2) is 0 Å². The minimum atomic E-state index is 0.933. The van der Waals surface area contributed by atoms with Crippen molar-refractivity contribution in [1.29, 1.82) is 0 Å². The van der Waals surface area contributed by atoms with Crippen LogP contribution in [-0.2, 0) is 0 Å². The summed E-state index contributed by atoms with van der Waals surface area (Å²) in [6.45, 7) is 5.09. The molecular formula is C11H16N2. The molecule has 0 amide bonds. The van der Waals surface area contributed by atoms with Crippen LogP contribution in [0.5, 0.6) is 0 Å². The first-order valence-electron chi connectivity index (χ1n) is 4.54. The number of rotatable bonds is 3. The van der Waals surface area contributed by atoms with E-state index in [-0.39, 0.29) is 0 Å². The van der Waals surface area contributed by atoms with Gasteiger partial charge in [-0.25, -0.2) is 0 Å². The van der Waals surface area contributed by atoms with Crippen molar-refractivity contribution >= 4 is 6.21 Å². The first-order valence-corrected chi connectivity index (χ1v) is 4.54. The fraction of sp³-hybridized carbons (Fsp3) is 0.364. The minimum Gasteiger partial charge on any atom is -0.300 e. The second kappa shape index (κ2) is 4.65. The summed E-state index contributed by atoms with van der Waals surface area (Å²) in [6.07, 6.45) is 1.88. The lowest BCUT2D eigenvalue weighted by molar-refractivity contribution is 0.377. The molecule has 1 aromatic carbocycles. The Balaban J connectivity index is 2.64. The zero-order valence-corrected chi connectivity index (χ0v) is 8.49. The summed E-state index contributed by atoms with van der Waals surface area (Å²) in [5.74, 6) is 0. The van der Waals surface area contributed by atoms with E-state index in [2.05, 4.69) is 43.2 Å². The highest BCUT2D eigenvalue weighted by molar-refractivity contribution is 5.79. The summed E-state index contributed by atoms with van der Waals surface area (Å²) in [6, 6.07) is 8.32.